The number of likely N-dealkylation sites (tertiary alicyclic amines) is 1. The summed E-state index contributed by atoms with van der Waals surface area (Å²) < 4.78 is 28.1. The van der Waals surface area contributed by atoms with Crippen molar-refractivity contribution < 1.29 is 8.78 Å². The minimum absolute atomic E-state index is 0.0429. The molecule has 0 aliphatic carbocycles. The molecule has 0 aromatic heterocycles. The fraction of sp³-hybridized carbons (Fsp3) is 0.588. The van der Waals surface area contributed by atoms with Crippen molar-refractivity contribution in [2.24, 2.45) is 16.6 Å². The van der Waals surface area contributed by atoms with E-state index < -0.39 is 17.7 Å². The zero-order valence-electron chi connectivity index (χ0n) is 14.1. The van der Waals surface area contributed by atoms with Crippen LogP contribution in [0.5, 0.6) is 0 Å². The number of hydrogen-bond donors (Lipinski definition) is 1. The van der Waals surface area contributed by atoms with Crippen LogP contribution in [-0.2, 0) is 0 Å². The maximum Gasteiger partial charge on any atom is 0.191 e. The van der Waals surface area contributed by atoms with Crippen LogP contribution in [0.15, 0.2) is 23.2 Å². The lowest BCUT2D eigenvalue weighted by Gasteiger charge is -2.31. The largest absolute Gasteiger partial charge is 0.370 e. The third kappa shape index (κ3) is 4.41. The Hall–Kier alpha value is -1.69. The number of nitrogens with two attached hydrogens (primary N) is 1. The highest BCUT2D eigenvalue weighted by Crippen LogP contribution is 2.25. The van der Waals surface area contributed by atoms with Gasteiger partial charge in [0.15, 0.2) is 5.96 Å². The van der Waals surface area contributed by atoms with Crippen molar-refractivity contribution in [1.82, 2.24) is 9.80 Å². The number of guanidine groups is 1. The molecule has 1 fully saturated rings. The molecule has 128 valence electrons. The number of halogens is 2. The van der Waals surface area contributed by atoms with Gasteiger partial charge in [-0.2, -0.15) is 0 Å². The lowest BCUT2D eigenvalue weighted by Crippen LogP contribution is -2.43. The smallest absolute Gasteiger partial charge is 0.191 e. The van der Waals surface area contributed by atoms with E-state index in [1.54, 1.807) is 19.0 Å². The Morgan fingerprint density at radius 1 is 1.30 bits per heavy atom. The van der Waals surface area contributed by atoms with E-state index in [9.17, 15) is 8.78 Å². The van der Waals surface area contributed by atoms with Crippen LogP contribution in [0.2, 0.25) is 0 Å². The van der Waals surface area contributed by atoms with Crippen LogP contribution in [0.25, 0.3) is 0 Å². The van der Waals surface area contributed by atoms with Crippen molar-refractivity contribution >= 4 is 5.96 Å². The number of benzene rings is 1. The number of likely N-dealkylation sites (N-methyl/N-ethyl adjacent to an activating group) is 1. The molecule has 2 rings (SSSR count). The molecule has 6 heteroatoms. The molecule has 1 aliphatic heterocycles. The predicted octanol–water partition coefficient (Wildman–Crippen LogP) is 2.61. The summed E-state index contributed by atoms with van der Waals surface area (Å²) in [6, 6.07) is 3.42. The first-order chi connectivity index (χ1) is 10.9. The molecule has 1 atom stereocenters. The van der Waals surface area contributed by atoms with E-state index in [0.29, 0.717) is 11.9 Å². The summed E-state index contributed by atoms with van der Waals surface area (Å²) >= 11 is 0. The first kappa shape index (κ1) is 17.7. The molecule has 23 heavy (non-hydrogen) atoms. The van der Waals surface area contributed by atoms with Gasteiger partial charge in [0.05, 0.1) is 12.6 Å². The van der Waals surface area contributed by atoms with E-state index in [0.717, 1.165) is 25.9 Å². The van der Waals surface area contributed by atoms with Crippen LogP contribution >= 0.6 is 0 Å². The highest BCUT2D eigenvalue weighted by molar-refractivity contribution is 5.78. The summed E-state index contributed by atoms with van der Waals surface area (Å²) in [7, 11) is 3.57. The van der Waals surface area contributed by atoms with Gasteiger partial charge < -0.3 is 15.5 Å². The molecule has 0 bridgehead atoms. The molecule has 1 aliphatic rings. The Morgan fingerprint density at radius 3 is 2.39 bits per heavy atom. The van der Waals surface area contributed by atoms with E-state index in [1.165, 1.54) is 18.2 Å². The summed E-state index contributed by atoms with van der Waals surface area (Å²) in [5.74, 6) is 0.0649. The quantitative estimate of drug-likeness (QED) is 0.684. The van der Waals surface area contributed by atoms with Crippen LogP contribution in [0, 0.1) is 17.6 Å². The van der Waals surface area contributed by atoms with Crippen LogP contribution in [0.1, 0.15) is 31.4 Å². The second-order valence-electron chi connectivity index (χ2n) is 6.48. The van der Waals surface area contributed by atoms with Crippen molar-refractivity contribution in [2.45, 2.75) is 25.8 Å². The van der Waals surface area contributed by atoms with E-state index in [1.807, 2.05) is 4.90 Å². The van der Waals surface area contributed by atoms with Gasteiger partial charge in [0.25, 0.3) is 0 Å². The number of nitrogens with zero attached hydrogens (tertiary/aromatic N) is 3. The summed E-state index contributed by atoms with van der Waals surface area (Å²) in [6.45, 7) is 4.23. The standard InChI is InChI=1S/C17H26F2N4/c1-12-7-9-23(10-8-12)17(20)21-11-15(22(2)3)16-13(18)5-4-6-14(16)19/h4-6,12,15H,7-11H2,1-3H3,(H2,20,21). The summed E-state index contributed by atoms with van der Waals surface area (Å²) in [4.78, 5) is 8.20. The first-order valence-electron chi connectivity index (χ1n) is 8.05. The van der Waals surface area contributed by atoms with Crippen LogP contribution < -0.4 is 5.73 Å². The van der Waals surface area contributed by atoms with Crippen molar-refractivity contribution in [2.75, 3.05) is 33.7 Å². The average Bonchev–Trinajstić information content (AvgIpc) is 2.50. The molecule has 1 heterocycles. The normalized spacial score (nSPS) is 18.5. The first-order valence-corrected chi connectivity index (χ1v) is 8.05. The minimum atomic E-state index is -0.552. The fourth-order valence-electron chi connectivity index (χ4n) is 2.86. The molecular weight excluding hydrogens is 298 g/mol. The second-order valence-corrected chi connectivity index (χ2v) is 6.48. The maximum absolute atomic E-state index is 14.0. The van der Waals surface area contributed by atoms with Crippen LogP contribution in [-0.4, -0.2) is 49.5 Å². The van der Waals surface area contributed by atoms with Crippen LogP contribution in [0.4, 0.5) is 8.78 Å². The molecule has 2 N–H and O–H groups in total. The van der Waals surface area contributed by atoms with E-state index >= 15 is 0 Å². The summed E-state index contributed by atoms with van der Waals surface area (Å²) in [5, 5.41) is 0. The van der Waals surface area contributed by atoms with Gasteiger partial charge in [-0.3, -0.25) is 4.99 Å². The number of piperidine rings is 1. The van der Waals surface area contributed by atoms with Gasteiger partial charge in [-0.15, -0.1) is 0 Å². The summed E-state index contributed by atoms with van der Waals surface area (Å²) in [6.07, 6.45) is 2.19. The molecule has 1 aromatic carbocycles. The molecule has 1 saturated heterocycles. The molecular formula is C17H26F2N4. The Kier molecular flexibility index (Phi) is 5.93. The molecule has 4 nitrogen and oxygen atoms in total. The molecule has 1 unspecified atom stereocenters. The Morgan fingerprint density at radius 2 is 1.87 bits per heavy atom. The minimum Gasteiger partial charge on any atom is -0.370 e. The van der Waals surface area contributed by atoms with Crippen molar-refractivity contribution in [3.05, 3.63) is 35.4 Å². The lowest BCUT2D eigenvalue weighted by molar-refractivity contribution is 0.271. The highest BCUT2D eigenvalue weighted by atomic mass is 19.1. The van der Waals surface area contributed by atoms with E-state index in [2.05, 4.69) is 11.9 Å². The van der Waals surface area contributed by atoms with E-state index in [4.69, 9.17) is 5.73 Å². The zero-order chi connectivity index (χ0) is 17.0. The van der Waals surface area contributed by atoms with Crippen molar-refractivity contribution in [1.29, 1.82) is 0 Å². The topological polar surface area (TPSA) is 44.9 Å². The van der Waals surface area contributed by atoms with Crippen molar-refractivity contribution in [3.8, 4) is 0 Å². The summed E-state index contributed by atoms with van der Waals surface area (Å²) in [5.41, 5.74) is 6.11. The maximum atomic E-state index is 14.0. The molecule has 0 saturated carbocycles. The van der Waals surface area contributed by atoms with Crippen LogP contribution in [0.3, 0.4) is 0 Å². The second kappa shape index (κ2) is 7.73. The number of rotatable bonds is 4. The Labute approximate surface area is 137 Å². The SMILES string of the molecule is CC1CCN(C(N)=NCC(c2c(F)cccc2F)N(C)C)CC1. The third-order valence-corrected chi connectivity index (χ3v) is 4.49. The molecule has 0 spiro atoms. The lowest BCUT2D eigenvalue weighted by atomic mass is 10.00. The third-order valence-electron chi connectivity index (χ3n) is 4.49. The van der Waals surface area contributed by atoms with Gasteiger partial charge in [0.1, 0.15) is 11.6 Å². The molecule has 0 amide bonds. The Balaban J connectivity index is 2.12. The van der Waals surface area contributed by atoms with Gasteiger partial charge in [-0.1, -0.05) is 13.0 Å². The monoisotopic (exact) mass is 324 g/mol. The highest BCUT2D eigenvalue weighted by Gasteiger charge is 2.23. The molecule has 0 radical (unpaired) electrons. The number of hydrogen-bond acceptors (Lipinski definition) is 2. The Bertz CT molecular complexity index is 531. The predicted molar refractivity (Wildman–Crippen MR) is 89.2 cm³/mol. The molecule has 1 aromatic rings. The van der Waals surface area contributed by atoms with Gasteiger partial charge >= 0.3 is 0 Å². The fourth-order valence-corrected chi connectivity index (χ4v) is 2.86. The van der Waals surface area contributed by atoms with E-state index in [-0.39, 0.29) is 12.1 Å². The van der Waals surface area contributed by atoms with Crippen molar-refractivity contribution in [3.63, 3.8) is 0 Å². The number of aliphatic imine (C=N–C) groups is 1. The van der Waals surface area contributed by atoms with Gasteiger partial charge in [0, 0.05) is 18.7 Å². The van der Waals surface area contributed by atoms with Gasteiger partial charge in [0.2, 0.25) is 0 Å². The van der Waals surface area contributed by atoms with Gasteiger partial charge in [-0.05, 0) is 45.0 Å². The average molecular weight is 324 g/mol. The zero-order valence-corrected chi connectivity index (χ0v) is 14.1. The van der Waals surface area contributed by atoms with Gasteiger partial charge in [-0.25, -0.2) is 8.78 Å².